The van der Waals surface area contributed by atoms with Gasteiger partial charge in [-0.05, 0) is 72.0 Å². The number of Topliss-reactive ketones (excluding diaryl/α,β-unsaturated/α-hetero) is 1. The molecule has 1 N–H and O–H groups in total. The Morgan fingerprint density at radius 1 is 1.03 bits per heavy atom. The number of benzene rings is 3. The number of ketones is 1. The van der Waals surface area contributed by atoms with Crippen molar-refractivity contribution in [2.24, 2.45) is 0 Å². The largest absolute Gasteiger partial charge is 0.507 e. The topological polar surface area (TPSA) is 76.1 Å². The molecule has 2 aliphatic heterocycles. The van der Waals surface area contributed by atoms with Gasteiger partial charge in [0.05, 0.1) is 5.57 Å². The fraction of sp³-hybridized carbons (Fsp3) is 0.161. The quantitative estimate of drug-likeness (QED) is 0.183. The molecule has 7 heteroatoms. The zero-order valence-electron chi connectivity index (χ0n) is 20.7. The van der Waals surface area contributed by atoms with Crippen LogP contribution in [0.5, 0.6) is 11.5 Å². The van der Waals surface area contributed by atoms with Crippen LogP contribution in [0.2, 0.25) is 0 Å². The lowest BCUT2D eigenvalue weighted by atomic mass is 9.98. The highest BCUT2D eigenvalue weighted by Gasteiger charge is 2.47. The van der Waals surface area contributed by atoms with Crippen LogP contribution in [-0.2, 0) is 22.6 Å². The highest BCUT2D eigenvalue weighted by atomic mass is 32.1. The molecular formula is C31H25NO5S. The van der Waals surface area contributed by atoms with Crippen molar-refractivity contribution in [3.05, 3.63) is 117 Å². The lowest BCUT2D eigenvalue weighted by molar-refractivity contribution is -0.132. The van der Waals surface area contributed by atoms with Crippen molar-refractivity contribution in [2.45, 2.75) is 32.1 Å². The first-order valence-corrected chi connectivity index (χ1v) is 13.3. The molecule has 3 aromatic carbocycles. The first kappa shape index (κ1) is 24.0. The number of aliphatic hydroxyl groups excluding tert-OH is 1. The number of thiophene rings is 1. The predicted molar refractivity (Wildman–Crippen MR) is 147 cm³/mol. The third kappa shape index (κ3) is 4.35. The summed E-state index contributed by atoms with van der Waals surface area (Å²) in [6.45, 7) is 2.41. The average Bonchev–Trinajstić information content (AvgIpc) is 3.66. The molecule has 2 aliphatic rings. The third-order valence-electron chi connectivity index (χ3n) is 6.79. The van der Waals surface area contributed by atoms with Crippen LogP contribution in [0.4, 0.5) is 5.69 Å². The zero-order valence-corrected chi connectivity index (χ0v) is 21.5. The van der Waals surface area contributed by atoms with Crippen molar-refractivity contribution in [1.82, 2.24) is 0 Å². The van der Waals surface area contributed by atoms with Crippen molar-refractivity contribution in [2.75, 3.05) is 4.90 Å². The summed E-state index contributed by atoms with van der Waals surface area (Å²) in [7, 11) is 0. The summed E-state index contributed by atoms with van der Waals surface area (Å²) >= 11 is 1.43. The molecule has 0 radical (unpaired) electrons. The predicted octanol–water partition coefficient (Wildman–Crippen LogP) is 6.28. The van der Waals surface area contributed by atoms with Gasteiger partial charge in [-0.15, -0.1) is 11.3 Å². The van der Waals surface area contributed by atoms with E-state index in [1.165, 1.54) is 16.2 Å². The number of hydrogen-bond acceptors (Lipinski definition) is 6. The van der Waals surface area contributed by atoms with Gasteiger partial charge in [0.1, 0.15) is 36.0 Å². The lowest BCUT2D eigenvalue weighted by Crippen LogP contribution is -2.29. The maximum Gasteiger partial charge on any atom is 0.300 e. The number of carbonyl (C=O) groups excluding carboxylic acids is 2. The molecule has 6 rings (SSSR count). The highest BCUT2D eigenvalue weighted by molar-refractivity contribution is 7.10. The van der Waals surface area contributed by atoms with Crippen LogP contribution < -0.4 is 14.4 Å². The Morgan fingerprint density at radius 2 is 1.82 bits per heavy atom. The number of anilines is 1. The molecule has 190 valence electrons. The van der Waals surface area contributed by atoms with Crippen LogP contribution in [0.25, 0.3) is 5.76 Å². The minimum atomic E-state index is -0.741. The van der Waals surface area contributed by atoms with Crippen LogP contribution >= 0.6 is 11.3 Å². The first-order valence-electron chi connectivity index (χ1n) is 12.4. The summed E-state index contributed by atoms with van der Waals surface area (Å²) in [5.41, 5.74) is 3.13. The van der Waals surface area contributed by atoms with E-state index in [1.807, 2.05) is 60.8 Å². The Bertz CT molecular complexity index is 1530. The normalized spacial score (nSPS) is 19.9. The van der Waals surface area contributed by atoms with Gasteiger partial charge in [-0.25, -0.2) is 0 Å². The Kier molecular flexibility index (Phi) is 6.21. The summed E-state index contributed by atoms with van der Waals surface area (Å²) in [5.74, 6) is -0.152. The van der Waals surface area contributed by atoms with E-state index in [2.05, 4.69) is 0 Å². The summed E-state index contributed by atoms with van der Waals surface area (Å²) in [6, 6.07) is 25.3. The molecule has 38 heavy (non-hydrogen) atoms. The van der Waals surface area contributed by atoms with Gasteiger partial charge in [0, 0.05) is 22.5 Å². The molecule has 3 heterocycles. The summed E-state index contributed by atoms with van der Waals surface area (Å²) in [6.07, 6.45) is 0.774. The van der Waals surface area contributed by atoms with E-state index < -0.39 is 17.7 Å². The molecule has 1 saturated heterocycles. The maximum atomic E-state index is 13.4. The minimum absolute atomic E-state index is 0.0544. The number of amides is 1. The van der Waals surface area contributed by atoms with Crippen LogP contribution in [0.1, 0.15) is 34.5 Å². The third-order valence-corrected chi connectivity index (χ3v) is 7.71. The van der Waals surface area contributed by atoms with Crippen LogP contribution in [0, 0.1) is 0 Å². The van der Waals surface area contributed by atoms with E-state index in [9.17, 15) is 14.7 Å². The summed E-state index contributed by atoms with van der Waals surface area (Å²) in [5, 5.41) is 13.3. The van der Waals surface area contributed by atoms with Crippen LogP contribution in [0.3, 0.4) is 0 Å². The number of hydrogen-bond donors (Lipinski definition) is 1. The maximum absolute atomic E-state index is 13.4. The molecule has 4 aromatic rings. The molecule has 1 fully saturated rings. The second-order valence-electron chi connectivity index (χ2n) is 9.41. The van der Waals surface area contributed by atoms with Gasteiger partial charge in [-0.2, -0.15) is 0 Å². The average molecular weight is 524 g/mol. The fourth-order valence-electron chi connectivity index (χ4n) is 4.98. The van der Waals surface area contributed by atoms with Crippen molar-refractivity contribution in [3.8, 4) is 11.5 Å². The monoisotopic (exact) mass is 523 g/mol. The Hall–Kier alpha value is -4.36. The minimum Gasteiger partial charge on any atom is -0.507 e. The van der Waals surface area contributed by atoms with Gasteiger partial charge >= 0.3 is 0 Å². The molecule has 0 bridgehead atoms. The Balaban J connectivity index is 1.34. The van der Waals surface area contributed by atoms with Gasteiger partial charge in [0.15, 0.2) is 0 Å². The van der Waals surface area contributed by atoms with E-state index in [0.29, 0.717) is 23.6 Å². The highest BCUT2D eigenvalue weighted by Crippen LogP contribution is 2.44. The zero-order chi connectivity index (χ0) is 26.2. The van der Waals surface area contributed by atoms with Crippen molar-refractivity contribution >= 4 is 34.5 Å². The number of nitrogens with zero attached hydrogens (tertiary/aromatic N) is 1. The number of ether oxygens (including phenoxy) is 2. The van der Waals surface area contributed by atoms with Gasteiger partial charge in [0.2, 0.25) is 0 Å². The van der Waals surface area contributed by atoms with E-state index in [4.69, 9.17) is 9.47 Å². The van der Waals surface area contributed by atoms with Crippen molar-refractivity contribution < 1.29 is 24.2 Å². The van der Waals surface area contributed by atoms with Crippen molar-refractivity contribution in [1.29, 1.82) is 0 Å². The van der Waals surface area contributed by atoms with E-state index in [1.54, 1.807) is 36.4 Å². The lowest BCUT2D eigenvalue weighted by Gasteiger charge is -2.24. The molecule has 0 spiro atoms. The van der Waals surface area contributed by atoms with E-state index >= 15 is 0 Å². The molecule has 0 aliphatic carbocycles. The van der Waals surface area contributed by atoms with E-state index in [0.717, 1.165) is 28.2 Å². The smallest absolute Gasteiger partial charge is 0.300 e. The molecule has 2 atom stereocenters. The molecular weight excluding hydrogens is 498 g/mol. The molecule has 6 nitrogen and oxygen atoms in total. The van der Waals surface area contributed by atoms with E-state index in [-0.39, 0.29) is 17.4 Å². The fourth-order valence-corrected chi connectivity index (χ4v) is 5.81. The molecule has 1 aromatic heterocycles. The van der Waals surface area contributed by atoms with Gasteiger partial charge in [0.25, 0.3) is 11.7 Å². The van der Waals surface area contributed by atoms with Crippen LogP contribution in [0.15, 0.2) is 95.9 Å². The summed E-state index contributed by atoms with van der Waals surface area (Å²) in [4.78, 5) is 29.0. The summed E-state index contributed by atoms with van der Waals surface area (Å²) < 4.78 is 11.7. The number of fused-ring (bicyclic) bond motifs is 1. The second kappa shape index (κ2) is 9.84. The standard InChI is InChI=1S/C31H25NO5S/c1-19-16-22-17-21(9-14-25(22)37-19)29(33)27-28(26-8-5-15-38-26)32(31(35)30(27)34)23-10-12-24(13-11-23)36-18-20-6-3-2-4-7-20/h2-15,17,19,28,33H,16,18H2,1H3/b29-27-. The number of aliphatic hydroxyl groups is 1. The Labute approximate surface area is 224 Å². The molecule has 2 unspecified atom stereocenters. The molecule has 1 amide bonds. The SMILES string of the molecule is CC1Cc2cc(/C(O)=C3/C(=O)C(=O)N(c4ccc(OCc5ccccc5)cc4)C3c3cccs3)ccc2O1. The van der Waals surface area contributed by atoms with Crippen molar-refractivity contribution in [3.63, 3.8) is 0 Å². The second-order valence-corrected chi connectivity index (χ2v) is 10.4. The Morgan fingerprint density at radius 3 is 2.55 bits per heavy atom. The number of rotatable bonds is 6. The first-order chi connectivity index (χ1) is 18.5. The van der Waals surface area contributed by atoms with Gasteiger partial charge < -0.3 is 14.6 Å². The van der Waals surface area contributed by atoms with Crippen LogP contribution in [-0.4, -0.2) is 22.9 Å². The number of carbonyl (C=O) groups is 2. The molecule has 0 saturated carbocycles. The van der Waals surface area contributed by atoms with Gasteiger partial charge in [-0.3, -0.25) is 14.5 Å². The van der Waals surface area contributed by atoms with Gasteiger partial charge in [-0.1, -0.05) is 36.4 Å².